The number of carboxylic acid groups (broad SMARTS) is 1. The van der Waals surface area contributed by atoms with Gasteiger partial charge < -0.3 is 15.1 Å². The largest absolute Gasteiger partial charge is 0.481 e. The Labute approximate surface area is 173 Å². The van der Waals surface area contributed by atoms with Crippen LogP contribution < -0.4 is 0 Å². The van der Waals surface area contributed by atoms with E-state index in [9.17, 15) is 19.1 Å². The number of aryl methyl sites for hydroxylation is 1. The molecule has 2 atom stereocenters. The van der Waals surface area contributed by atoms with Crippen LogP contribution in [-0.4, -0.2) is 39.1 Å². The van der Waals surface area contributed by atoms with Crippen LogP contribution >= 0.6 is 11.3 Å². The number of thiophene rings is 1. The molecule has 7 heteroatoms. The van der Waals surface area contributed by atoms with Crippen molar-refractivity contribution < 1.29 is 24.2 Å². The summed E-state index contributed by atoms with van der Waals surface area (Å²) in [7, 11) is 0. The zero-order chi connectivity index (χ0) is 20.8. The minimum absolute atomic E-state index is 0.0741. The van der Waals surface area contributed by atoms with Crippen molar-refractivity contribution in [2.45, 2.75) is 50.8 Å². The number of likely N-dealkylation sites (tertiary alicyclic amines) is 1. The van der Waals surface area contributed by atoms with Gasteiger partial charge in [-0.1, -0.05) is 24.3 Å². The van der Waals surface area contributed by atoms with E-state index in [1.165, 1.54) is 23.5 Å². The maximum Gasteiger partial charge on any atom is 0.303 e. The van der Waals surface area contributed by atoms with Gasteiger partial charge in [0.05, 0.1) is 25.1 Å². The molecule has 154 valence electrons. The summed E-state index contributed by atoms with van der Waals surface area (Å²) in [5.41, 5.74) is 0.843. The molecule has 3 rings (SSSR count). The molecule has 1 aromatic carbocycles. The number of benzene rings is 1. The van der Waals surface area contributed by atoms with Crippen molar-refractivity contribution in [3.8, 4) is 0 Å². The van der Waals surface area contributed by atoms with Crippen molar-refractivity contribution in [3.05, 3.63) is 69.7 Å². The summed E-state index contributed by atoms with van der Waals surface area (Å²) in [6, 6.07) is 9.82. The van der Waals surface area contributed by atoms with E-state index in [0.29, 0.717) is 32.2 Å². The van der Waals surface area contributed by atoms with Gasteiger partial charge in [-0.15, -0.1) is 11.3 Å². The summed E-state index contributed by atoms with van der Waals surface area (Å²) < 4.78 is 13.0. The van der Waals surface area contributed by atoms with E-state index in [2.05, 4.69) is 0 Å². The number of hydrogen-bond donors (Lipinski definition) is 2. The number of aliphatic hydroxyl groups excluding tert-OH is 1. The highest BCUT2D eigenvalue weighted by molar-refractivity contribution is 7.12. The summed E-state index contributed by atoms with van der Waals surface area (Å²) in [5.74, 6) is -1.05. The van der Waals surface area contributed by atoms with Crippen LogP contribution in [0.1, 0.15) is 34.6 Å². The van der Waals surface area contributed by atoms with Crippen LogP contribution in [0.25, 0.3) is 0 Å². The molecule has 0 spiro atoms. The van der Waals surface area contributed by atoms with Gasteiger partial charge in [0.25, 0.3) is 0 Å². The zero-order valence-electron chi connectivity index (χ0n) is 16.0. The first-order valence-corrected chi connectivity index (χ1v) is 10.4. The Bertz CT molecular complexity index is 877. The zero-order valence-corrected chi connectivity index (χ0v) is 16.8. The molecule has 1 aliphatic heterocycles. The van der Waals surface area contributed by atoms with Gasteiger partial charge in [0.2, 0.25) is 5.91 Å². The van der Waals surface area contributed by atoms with Gasteiger partial charge >= 0.3 is 5.97 Å². The molecule has 0 bridgehead atoms. The van der Waals surface area contributed by atoms with Crippen LogP contribution in [0.5, 0.6) is 0 Å². The topological polar surface area (TPSA) is 77.8 Å². The lowest BCUT2D eigenvalue weighted by atomic mass is 10.1. The number of hydrogen-bond acceptors (Lipinski definition) is 4. The van der Waals surface area contributed by atoms with Crippen molar-refractivity contribution in [3.63, 3.8) is 0 Å². The molecular formula is C22H24FNO4S. The quantitative estimate of drug-likeness (QED) is 0.612. The second kappa shape index (κ2) is 9.80. The third-order valence-corrected chi connectivity index (χ3v) is 6.05. The highest BCUT2D eigenvalue weighted by Crippen LogP contribution is 2.26. The Hall–Kier alpha value is -2.51. The fourth-order valence-electron chi connectivity index (χ4n) is 3.39. The molecule has 1 saturated heterocycles. The lowest BCUT2D eigenvalue weighted by Gasteiger charge is -2.22. The molecule has 5 nitrogen and oxygen atoms in total. The van der Waals surface area contributed by atoms with Gasteiger partial charge in [0.1, 0.15) is 5.82 Å². The summed E-state index contributed by atoms with van der Waals surface area (Å²) in [5, 5.41) is 19.0. The monoisotopic (exact) mass is 417 g/mol. The van der Waals surface area contributed by atoms with E-state index in [1.54, 1.807) is 23.1 Å². The van der Waals surface area contributed by atoms with Crippen molar-refractivity contribution in [1.29, 1.82) is 0 Å². The van der Waals surface area contributed by atoms with E-state index < -0.39 is 12.1 Å². The predicted octanol–water partition coefficient (Wildman–Crippen LogP) is 3.56. The number of halogens is 1. The van der Waals surface area contributed by atoms with Crippen LogP contribution in [-0.2, 0) is 29.0 Å². The average Bonchev–Trinajstić information content (AvgIpc) is 3.28. The highest BCUT2D eigenvalue weighted by atomic mass is 32.1. The number of aliphatic hydroxyl groups is 1. The van der Waals surface area contributed by atoms with Gasteiger partial charge in [-0.25, -0.2) is 4.39 Å². The Morgan fingerprint density at radius 2 is 1.97 bits per heavy atom. The number of carbonyl (C=O) groups excluding carboxylic acids is 1. The van der Waals surface area contributed by atoms with Gasteiger partial charge in [-0.2, -0.15) is 0 Å². The van der Waals surface area contributed by atoms with Gasteiger partial charge in [-0.05, 0) is 42.7 Å². The third kappa shape index (κ3) is 6.24. The first kappa shape index (κ1) is 21.2. The van der Waals surface area contributed by atoms with Crippen molar-refractivity contribution >= 4 is 23.2 Å². The van der Waals surface area contributed by atoms with Crippen LogP contribution in [0, 0.1) is 5.82 Å². The van der Waals surface area contributed by atoms with Crippen molar-refractivity contribution in [2.75, 3.05) is 0 Å². The van der Waals surface area contributed by atoms with Crippen LogP contribution in [0.2, 0.25) is 0 Å². The molecule has 1 fully saturated rings. The summed E-state index contributed by atoms with van der Waals surface area (Å²) >= 11 is 1.53. The third-order valence-electron chi connectivity index (χ3n) is 4.92. The molecule has 1 aliphatic rings. The van der Waals surface area contributed by atoms with E-state index in [1.807, 2.05) is 18.2 Å². The fourth-order valence-corrected chi connectivity index (χ4v) is 4.40. The number of aliphatic carboxylic acids is 1. The second-order valence-corrected chi connectivity index (χ2v) is 8.43. The minimum atomic E-state index is -0.820. The first-order chi connectivity index (χ1) is 13.9. The molecule has 1 amide bonds. The molecule has 0 radical (unpaired) electrons. The summed E-state index contributed by atoms with van der Waals surface area (Å²) in [4.78, 5) is 26.8. The van der Waals surface area contributed by atoms with E-state index in [0.717, 1.165) is 15.3 Å². The molecule has 0 aliphatic carbocycles. The number of nitrogens with zero attached hydrogens (tertiary/aromatic N) is 1. The van der Waals surface area contributed by atoms with Gasteiger partial charge in [0.15, 0.2) is 0 Å². The molecule has 2 N–H and O–H groups in total. The number of rotatable bonds is 9. The Morgan fingerprint density at radius 3 is 2.69 bits per heavy atom. The maximum atomic E-state index is 13.0. The Balaban J connectivity index is 1.57. The number of carboxylic acids is 1. The summed E-state index contributed by atoms with van der Waals surface area (Å²) in [6.07, 6.45) is 5.02. The summed E-state index contributed by atoms with van der Waals surface area (Å²) in [6.45, 7) is 0.486. The molecule has 0 unspecified atom stereocenters. The van der Waals surface area contributed by atoms with Gasteiger partial charge in [-0.3, -0.25) is 9.59 Å². The average molecular weight is 418 g/mol. The Kier molecular flexibility index (Phi) is 7.17. The molecule has 29 heavy (non-hydrogen) atoms. The SMILES string of the molecule is O=C(O)CCc1ccc(CN2C(=O)CC[C@@H]2C=C[C@@H](O)Cc2ccc(F)cc2)s1. The molecule has 1 aromatic heterocycles. The molecule has 2 heterocycles. The van der Waals surface area contributed by atoms with Crippen LogP contribution in [0.3, 0.4) is 0 Å². The lowest BCUT2D eigenvalue weighted by molar-refractivity contribution is -0.137. The van der Waals surface area contributed by atoms with Crippen LogP contribution in [0.4, 0.5) is 4.39 Å². The molecule has 2 aromatic rings. The van der Waals surface area contributed by atoms with Gasteiger partial charge in [0, 0.05) is 22.6 Å². The highest BCUT2D eigenvalue weighted by Gasteiger charge is 2.29. The second-order valence-electron chi connectivity index (χ2n) is 7.17. The molecule has 0 saturated carbocycles. The fraction of sp³-hybridized carbons (Fsp3) is 0.364. The Morgan fingerprint density at radius 1 is 1.24 bits per heavy atom. The minimum Gasteiger partial charge on any atom is -0.481 e. The van der Waals surface area contributed by atoms with Crippen LogP contribution in [0.15, 0.2) is 48.6 Å². The van der Waals surface area contributed by atoms with Crippen molar-refractivity contribution in [2.24, 2.45) is 0 Å². The number of amides is 1. The normalized spacial score (nSPS) is 17.9. The maximum absolute atomic E-state index is 13.0. The first-order valence-electron chi connectivity index (χ1n) is 9.60. The lowest BCUT2D eigenvalue weighted by Crippen LogP contribution is -2.31. The van der Waals surface area contributed by atoms with Crippen molar-refractivity contribution in [1.82, 2.24) is 4.90 Å². The number of carbonyl (C=O) groups is 2. The smallest absolute Gasteiger partial charge is 0.303 e. The van der Waals surface area contributed by atoms with E-state index in [4.69, 9.17) is 5.11 Å². The molecular weight excluding hydrogens is 393 g/mol. The predicted molar refractivity (Wildman–Crippen MR) is 109 cm³/mol. The standard InChI is InChI=1S/C22H24FNO4S/c23-16-3-1-15(2-4-16)13-18(25)7-5-17-6-11-21(26)24(17)14-20-9-8-19(29-20)10-12-22(27)28/h1-5,7-9,17-18,25H,6,10-14H2,(H,27,28)/t17-,18+/m0/s1. The van der Waals surface area contributed by atoms with E-state index >= 15 is 0 Å². The van der Waals surface area contributed by atoms with E-state index in [-0.39, 0.29) is 24.2 Å².